The summed E-state index contributed by atoms with van der Waals surface area (Å²) in [6, 6.07) is 13.2. The van der Waals surface area contributed by atoms with Crippen LogP contribution in [0, 0.1) is 5.82 Å². The van der Waals surface area contributed by atoms with E-state index >= 15 is 0 Å². The SMILES string of the molecule is CCCOC(=O)c1c(N)n(-c2cccc(F)c2)c2nc3ccccc3nc12. The number of aromatic nitrogens is 3. The molecule has 0 fully saturated rings. The number of nitrogen functional groups attached to an aromatic ring is 1. The van der Waals surface area contributed by atoms with Crippen molar-refractivity contribution in [2.45, 2.75) is 13.3 Å². The molecule has 2 aromatic carbocycles. The predicted octanol–water partition coefficient (Wildman–Crippen LogP) is 3.86. The first-order valence-corrected chi connectivity index (χ1v) is 8.60. The molecule has 0 saturated heterocycles. The Balaban J connectivity index is 2.05. The number of anilines is 1. The van der Waals surface area contributed by atoms with Gasteiger partial charge in [0.25, 0.3) is 0 Å². The summed E-state index contributed by atoms with van der Waals surface area (Å²) in [6.45, 7) is 2.17. The lowest BCUT2D eigenvalue weighted by Gasteiger charge is -2.08. The number of hydrogen-bond donors (Lipinski definition) is 1. The fourth-order valence-corrected chi connectivity index (χ4v) is 3.01. The number of halogens is 1. The maximum Gasteiger partial charge on any atom is 0.344 e. The normalized spacial score (nSPS) is 11.2. The number of carbonyl (C=O) groups is 1. The first kappa shape index (κ1) is 17.0. The molecule has 2 N–H and O–H groups in total. The van der Waals surface area contributed by atoms with Gasteiger partial charge in [-0.25, -0.2) is 19.2 Å². The van der Waals surface area contributed by atoms with Crippen LogP contribution in [0.4, 0.5) is 10.2 Å². The van der Waals surface area contributed by atoms with Crippen LogP contribution in [0.1, 0.15) is 23.7 Å². The van der Waals surface area contributed by atoms with Gasteiger partial charge in [-0.15, -0.1) is 0 Å². The van der Waals surface area contributed by atoms with Crippen molar-refractivity contribution in [2.75, 3.05) is 12.3 Å². The van der Waals surface area contributed by atoms with Crippen molar-refractivity contribution in [1.29, 1.82) is 0 Å². The number of benzene rings is 2. The minimum Gasteiger partial charge on any atom is -0.462 e. The minimum atomic E-state index is -0.570. The Labute approximate surface area is 154 Å². The van der Waals surface area contributed by atoms with Crippen LogP contribution in [-0.2, 0) is 4.74 Å². The monoisotopic (exact) mass is 364 g/mol. The molecule has 2 aromatic heterocycles. The summed E-state index contributed by atoms with van der Waals surface area (Å²) in [6.07, 6.45) is 0.683. The fourth-order valence-electron chi connectivity index (χ4n) is 3.01. The number of nitrogens with zero attached hydrogens (tertiary/aromatic N) is 3. The Kier molecular flexibility index (Phi) is 4.19. The molecular weight excluding hydrogens is 347 g/mol. The molecule has 27 heavy (non-hydrogen) atoms. The summed E-state index contributed by atoms with van der Waals surface area (Å²) in [5, 5.41) is 0. The maximum absolute atomic E-state index is 13.8. The zero-order valence-electron chi connectivity index (χ0n) is 14.6. The average molecular weight is 364 g/mol. The van der Waals surface area contributed by atoms with Crippen molar-refractivity contribution in [3.63, 3.8) is 0 Å². The van der Waals surface area contributed by atoms with Gasteiger partial charge in [0.1, 0.15) is 22.7 Å². The smallest absolute Gasteiger partial charge is 0.344 e. The molecule has 7 heteroatoms. The number of fused-ring (bicyclic) bond motifs is 2. The average Bonchev–Trinajstić information content (AvgIpc) is 2.95. The first-order valence-electron chi connectivity index (χ1n) is 8.60. The van der Waals surface area contributed by atoms with Crippen LogP contribution in [0.3, 0.4) is 0 Å². The molecule has 0 unspecified atom stereocenters. The third-order valence-corrected chi connectivity index (χ3v) is 4.21. The molecule has 0 aliphatic rings. The highest BCUT2D eigenvalue weighted by molar-refractivity contribution is 6.09. The predicted molar refractivity (Wildman–Crippen MR) is 101 cm³/mol. The third-order valence-electron chi connectivity index (χ3n) is 4.21. The molecule has 0 radical (unpaired) electrons. The van der Waals surface area contributed by atoms with E-state index in [0.29, 0.717) is 34.3 Å². The molecule has 6 nitrogen and oxygen atoms in total. The number of nitrogens with two attached hydrogens (primary N) is 1. The second-order valence-corrected chi connectivity index (χ2v) is 6.10. The number of carbonyl (C=O) groups excluding carboxylic acids is 1. The molecule has 4 rings (SSSR count). The van der Waals surface area contributed by atoms with Crippen molar-refractivity contribution in [1.82, 2.24) is 14.5 Å². The van der Waals surface area contributed by atoms with Gasteiger partial charge in [-0.05, 0) is 36.8 Å². The number of ether oxygens (including phenoxy) is 1. The largest absolute Gasteiger partial charge is 0.462 e. The van der Waals surface area contributed by atoms with E-state index in [2.05, 4.69) is 9.97 Å². The lowest BCUT2D eigenvalue weighted by Crippen LogP contribution is -2.10. The van der Waals surface area contributed by atoms with Gasteiger partial charge < -0.3 is 10.5 Å². The quantitative estimate of drug-likeness (QED) is 0.556. The van der Waals surface area contributed by atoms with Crippen molar-refractivity contribution >= 4 is 34.0 Å². The van der Waals surface area contributed by atoms with Crippen LogP contribution in [0.15, 0.2) is 48.5 Å². The Bertz CT molecular complexity index is 1170. The Morgan fingerprint density at radius 3 is 2.59 bits per heavy atom. The minimum absolute atomic E-state index is 0.118. The molecule has 136 valence electrons. The van der Waals surface area contributed by atoms with Gasteiger partial charge in [-0.3, -0.25) is 4.57 Å². The molecule has 0 saturated carbocycles. The first-order chi connectivity index (χ1) is 13.1. The van der Waals surface area contributed by atoms with Crippen LogP contribution >= 0.6 is 0 Å². The van der Waals surface area contributed by atoms with Crippen molar-refractivity contribution in [3.8, 4) is 5.69 Å². The second-order valence-electron chi connectivity index (χ2n) is 6.10. The standard InChI is InChI=1S/C20H17FN4O2/c1-2-10-27-20(26)16-17-19(24-15-9-4-3-8-14(15)23-17)25(18(16)22)13-7-5-6-12(21)11-13/h3-9,11H,2,10,22H2,1H3. The zero-order chi connectivity index (χ0) is 19.0. The van der Waals surface area contributed by atoms with Gasteiger partial charge >= 0.3 is 5.97 Å². The van der Waals surface area contributed by atoms with E-state index in [9.17, 15) is 9.18 Å². The lowest BCUT2D eigenvalue weighted by molar-refractivity contribution is 0.0508. The van der Waals surface area contributed by atoms with Gasteiger partial charge in [0.2, 0.25) is 0 Å². The highest BCUT2D eigenvalue weighted by atomic mass is 19.1. The van der Waals surface area contributed by atoms with Gasteiger partial charge in [-0.2, -0.15) is 0 Å². The summed E-state index contributed by atoms with van der Waals surface area (Å²) in [5.41, 5.74) is 8.87. The van der Waals surface area contributed by atoms with Gasteiger partial charge in [0.15, 0.2) is 5.65 Å². The number of para-hydroxylation sites is 2. The maximum atomic E-state index is 13.8. The molecule has 0 spiro atoms. The molecule has 0 aliphatic carbocycles. The Hall–Kier alpha value is -3.48. The van der Waals surface area contributed by atoms with Crippen LogP contribution in [0.25, 0.3) is 27.9 Å². The Morgan fingerprint density at radius 1 is 1.15 bits per heavy atom. The Morgan fingerprint density at radius 2 is 1.89 bits per heavy atom. The fraction of sp³-hybridized carbons (Fsp3) is 0.150. The number of esters is 1. The number of rotatable bonds is 4. The molecule has 0 atom stereocenters. The summed E-state index contributed by atoms with van der Waals surface area (Å²) in [4.78, 5) is 21.8. The van der Waals surface area contributed by atoms with E-state index < -0.39 is 11.8 Å². The number of hydrogen-bond acceptors (Lipinski definition) is 5. The molecule has 0 aliphatic heterocycles. The molecule has 2 heterocycles. The van der Waals surface area contributed by atoms with E-state index in [4.69, 9.17) is 10.5 Å². The highest BCUT2D eigenvalue weighted by Crippen LogP contribution is 2.31. The summed E-state index contributed by atoms with van der Waals surface area (Å²) >= 11 is 0. The van der Waals surface area contributed by atoms with Gasteiger partial charge in [-0.1, -0.05) is 25.1 Å². The summed E-state index contributed by atoms with van der Waals surface area (Å²) in [7, 11) is 0. The van der Waals surface area contributed by atoms with Gasteiger partial charge in [0, 0.05) is 0 Å². The van der Waals surface area contributed by atoms with E-state index in [1.54, 1.807) is 18.2 Å². The van der Waals surface area contributed by atoms with E-state index in [1.165, 1.54) is 16.7 Å². The summed E-state index contributed by atoms with van der Waals surface area (Å²) < 4.78 is 20.6. The topological polar surface area (TPSA) is 83.0 Å². The zero-order valence-corrected chi connectivity index (χ0v) is 14.6. The molecular formula is C20H17FN4O2. The van der Waals surface area contributed by atoms with Crippen LogP contribution in [0.5, 0.6) is 0 Å². The van der Waals surface area contributed by atoms with E-state index in [0.717, 1.165) is 0 Å². The second kappa shape index (κ2) is 6.68. The van der Waals surface area contributed by atoms with Gasteiger partial charge in [0.05, 0.1) is 23.3 Å². The molecule has 0 bridgehead atoms. The van der Waals surface area contributed by atoms with E-state index in [-0.39, 0.29) is 18.0 Å². The third kappa shape index (κ3) is 2.87. The van der Waals surface area contributed by atoms with Crippen molar-refractivity contribution in [2.24, 2.45) is 0 Å². The molecule has 0 amide bonds. The van der Waals surface area contributed by atoms with Crippen molar-refractivity contribution in [3.05, 3.63) is 59.9 Å². The van der Waals surface area contributed by atoms with Crippen LogP contribution < -0.4 is 5.73 Å². The van der Waals surface area contributed by atoms with Crippen molar-refractivity contribution < 1.29 is 13.9 Å². The summed E-state index contributed by atoms with van der Waals surface area (Å²) in [5.74, 6) is -0.872. The highest BCUT2D eigenvalue weighted by Gasteiger charge is 2.25. The molecule has 4 aromatic rings. The van der Waals surface area contributed by atoms with Crippen LogP contribution in [-0.4, -0.2) is 27.1 Å². The van der Waals surface area contributed by atoms with Crippen LogP contribution in [0.2, 0.25) is 0 Å². The lowest BCUT2D eigenvalue weighted by atomic mass is 10.2. The van der Waals surface area contributed by atoms with E-state index in [1.807, 2.05) is 25.1 Å².